The van der Waals surface area contributed by atoms with Gasteiger partial charge in [-0.25, -0.2) is 0 Å². The summed E-state index contributed by atoms with van der Waals surface area (Å²) in [6, 6.07) is 4.63. The Hall–Kier alpha value is -1.03. The van der Waals surface area contributed by atoms with Crippen molar-refractivity contribution in [1.82, 2.24) is 0 Å². The molecule has 0 aliphatic carbocycles. The maximum absolute atomic E-state index is 12.2. The van der Waals surface area contributed by atoms with Crippen LogP contribution < -0.4 is 0 Å². The van der Waals surface area contributed by atoms with Crippen molar-refractivity contribution in [2.24, 2.45) is 0 Å². The van der Waals surface area contributed by atoms with Gasteiger partial charge in [0.15, 0.2) is 6.10 Å². The minimum Gasteiger partial charge on any atom is -0.379 e. The third-order valence-corrected chi connectivity index (χ3v) is 2.04. The van der Waals surface area contributed by atoms with Crippen molar-refractivity contribution < 1.29 is 18.3 Å². The van der Waals surface area contributed by atoms with Crippen molar-refractivity contribution in [2.45, 2.75) is 26.1 Å². The van der Waals surface area contributed by atoms with Gasteiger partial charge in [-0.05, 0) is 25.0 Å². The fourth-order valence-corrected chi connectivity index (χ4v) is 1.23. The minimum absolute atomic E-state index is 0.0718. The maximum atomic E-state index is 12.2. The summed E-state index contributed by atoms with van der Waals surface area (Å²) in [6.07, 6.45) is -6.99. The second-order valence-electron chi connectivity index (χ2n) is 3.30. The number of hydrogen-bond acceptors (Lipinski definition) is 1. The summed E-state index contributed by atoms with van der Waals surface area (Å²) in [4.78, 5) is 0. The number of aliphatic hydroxyl groups excluding tert-OH is 1. The highest BCUT2D eigenvalue weighted by atomic mass is 19.4. The van der Waals surface area contributed by atoms with Crippen molar-refractivity contribution >= 4 is 0 Å². The highest BCUT2D eigenvalue weighted by Gasteiger charge is 2.39. The van der Waals surface area contributed by atoms with Crippen molar-refractivity contribution in [1.29, 1.82) is 0 Å². The lowest BCUT2D eigenvalue weighted by molar-refractivity contribution is -0.206. The highest BCUT2D eigenvalue weighted by Crippen LogP contribution is 2.34. The maximum Gasteiger partial charge on any atom is 0.418 e. The average molecular weight is 204 g/mol. The van der Waals surface area contributed by atoms with Crippen LogP contribution in [0.1, 0.15) is 22.8 Å². The molecule has 0 radical (unpaired) electrons. The van der Waals surface area contributed by atoms with Crippen molar-refractivity contribution in [3.8, 4) is 0 Å². The summed E-state index contributed by atoms with van der Waals surface area (Å²) >= 11 is 0. The van der Waals surface area contributed by atoms with E-state index in [1.165, 1.54) is 6.07 Å². The Morgan fingerprint density at radius 2 is 1.79 bits per heavy atom. The number of aliphatic hydroxyl groups is 1. The third-order valence-electron chi connectivity index (χ3n) is 2.04. The Labute approximate surface area is 80.2 Å². The first-order valence-electron chi connectivity index (χ1n) is 4.14. The molecule has 1 aromatic rings. The summed E-state index contributed by atoms with van der Waals surface area (Å²) < 4.78 is 36.6. The molecule has 0 spiro atoms. The standard InChI is InChI=1S/C10H11F3O/c1-6-3-4-7(2)8(5-6)9(14)10(11,12)13/h3-5,9,14H,1-2H3/t9-/m1/s1. The van der Waals surface area contributed by atoms with Crippen molar-refractivity contribution in [3.63, 3.8) is 0 Å². The third kappa shape index (κ3) is 2.26. The molecule has 14 heavy (non-hydrogen) atoms. The molecule has 0 aliphatic rings. The summed E-state index contributed by atoms with van der Waals surface area (Å²) in [5.41, 5.74) is 1.08. The van der Waals surface area contributed by atoms with Crippen LogP contribution in [0.25, 0.3) is 0 Å². The van der Waals surface area contributed by atoms with Gasteiger partial charge in [-0.2, -0.15) is 13.2 Å². The molecule has 0 saturated carbocycles. The normalized spacial score (nSPS) is 14.1. The molecule has 0 aliphatic heterocycles. The van der Waals surface area contributed by atoms with Gasteiger partial charge in [-0.1, -0.05) is 23.8 Å². The zero-order chi connectivity index (χ0) is 10.9. The summed E-state index contributed by atoms with van der Waals surface area (Å²) in [5, 5.41) is 9.04. The number of hydrogen-bond donors (Lipinski definition) is 1. The monoisotopic (exact) mass is 204 g/mol. The molecule has 78 valence electrons. The SMILES string of the molecule is Cc1ccc(C)c([C@@H](O)C(F)(F)F)c1. The first kappa shape index (κ1) is 11.0. The quantitative estimate of drug-likeness (QED) is 0.745. The van der Waals surface area contributed by atoms with Gasteiger partial charge in [0.25, 0.3) is 0 Å². The molecule has 1 nitrogen and oxygen atoms in total. The lowest BCUT2D eigenvalue weighted by Gasteiger charge is -2.17. The minimum atomic E-state index is -4.60. The van der Waals surface area contributed by atoms with E-state index < -0.39 is 12.3 Å². The first-order valence-corrected chi connectivity index (χ1v) is 4.14. The van der Waals surface area contributed by atoms with Crippen LogP contribution in [0.2, 0.25) is 0 Å². The molecule has 1 atom stereocenters. The molecule has 0 heterocycles. The summed E-state index contributed by atoms with van der Waals surface area (Å²) in [7, 11) is 0. The Bertz CT molecular complexity index is 331. The van der Waals surface area contributed by atoms with E-state index in [1.807, 2.05) is 0 Å². The Balaban J connectivity index is 3.12. The zero-order valence-corrected chi connectivity index (χ0v) is 7.89. The van der Waals surface area contributed by atoms with Crippen LogP contribution in [0.3, 0.4) is 0 Å². The molecule has 0 fully saturated rings. The highest BCUT2D eigenvalue weighted by molar-refractivity contribution is 5.32. The van der Waals surface area contributed by atoms with Gasteiger partial charge in [0.1, 0.15) is 0 Å². The lowest BCUT2D eigenvalue weighted by Crippen LogP contribution is -2.21. The molecule has 0 unspecified atom stereocenters. The summed E-state index contributed by atoms with van der Waals surface area (Å²) in [5.74, 6) is 0. The Kier molecular flexibility index (Phi) is 2.85. The van der Waals surface area contributed by atoms with E-state index in [9.17, 15) is 13.2 Å². The van der Waals surface area contributed by atoms with E-state index in [0.717, 1.165) is 0 Å². The van der Waals surface area contributed by atoms with Crippen LogP contribution in [0.5, 0.6) is 0 Å². The zero-order valence-electron chi connectivity index (χ0n) is 7.89. The topological polar surface area (TPSA) is 20.2 Å². The number of benzene rings is 1. The fourth-order valence-electron chi connectivity index (χ4n) is 1.23. The van der Waals surface area contributed by atoms with Crippen molar-refractivity contribution in [3.05, 3.63) is 34.9 Å². The van der Waals surface area contributed by atoms with Crippen LogP contribution in [-0.4, -0.2) is 11.3 Å². The Morgan fingerprint density at radius 3 is 2.29 bits per heavy atom. The molecular weight excluding hydrogens is 193 g/mol. The average Bonchev–Trinajstić information content (AvgIpc) is 2.06. The number of alkyl halides is 3. The van der Waals surface area contributed by atoms with Crippen LogP contribution in [0.15, 0.2) is 18.2 Å². The van der Waals surface area contributed by atoms with Gasteiger partial charge in [0, 0.05) is 0 Å². The molecular formula is C10H11F3O. The van der Waals surface area contributed by atoms with Crippen LogP contribution >= 0.6 is 0 Å². The Morgan fingerprint density at radius 1 is 1.21 bits per heavy atom. The van der Waals surface area contributed by atoms with Gasteiger partial charge in [-0.15, -0.1) is 0 Å². The van der Waals surface area contributed by atoms with Crippen LogP contribution in [0.4, 0.5) is 13.2 Å². The molecule has 0 amide bonds. The predicted molar refractivity (Wildman–Crippen MR) is 46.9 cm³/mol. The second kappa shape index (κ2) is 3.61. The van der Waals surface area contributed by atoms with Crippen LogP contribution in [0, 0.1) is 13.8 Å². The second-order valence-corrected chi connectivity index (χ2v) is 3.30. The number of rotatable bonds is 1. The predicted octanol–water partition coefficient (Wildman–Crippen LogP) is 2.90. The molecule has 0 saturated heterocycles. The fraction of sp³-hybridized carbons (Fsp3) is 0.400. The smallest absolute Gasteiger partial charge is 0.379 e. The first-order chi connectivity index (χ1) is 6.32. The van der Waals surface area contributed by atoms with Crippen molar-refractivity contribution in [2.75, 3.05) is 0 Å². The number of halogens is 3. The lowest BCUT2D eigenvalue weighted by atomic mass is 10.0. The molecule has 0 aromatic heterocycles. The van der Waals surface area contributed by atoms with E-state index in [1.54, 1.807) is 26.0 Å². The molecule has 0 bridgehead atoms. The van der Waals surface area contributed by atoms with E-state index in [-0.39, 0.29) is 5.56 Å². The van der Waals surface area contributed by atoms with E-state index >= 15 is 0 Å². The molecule has 1 rings (SSSR count). The van der Waals surface area contributed by atoms with Gasteiger partial charge in [0.05, 0.1) is 0 Å². The van der Waals surface area contributed by atoms with E-state index in [4.69, 9.17) is 5.11 Å². The van der Waals surface area contributed by atoms with Gasteiger partial charge in [-0.3, -0.25) is 0 Å². The van der Waals surface area contributed by atoms with Crippen LogP contribution in [-0.2, 0) is 0 Å². The van der Waals surface area contributed by atoms with E-state index in [0.29, 0.717) is 11.1 Å². The summed E-state index contributed by atoms with van der Waals surface area (Å²) in [6.45, 7) is 3.23. The molecule has 4 heteroatoms. The number of aryl methyl sites for hydroxylation is 2. The van der Waals surface area contributed by atoms with Gasteiger partial charge in [0.2, 0.25) is 0 Å². The van der Waals surface area contributed by atoms with Gasteiger partial charge >= 0.3 is 6.18 Å². The van der Waals surface area contributed by atoms with E-state index in [2.05, 4.69) is 0 Å². The molecule has 1 N–H and O–H groups in total. The largest absolute Gasteiger partial charge is 0.418 e. The molecule has 1 aromatic carbocycles. The van der Waals surface area contributed by atoms with Gasteiger partial charge < -0.3 is 5.11 Å².